The number of hydrogen-bond donors (Lipinski definition) is 3. The van der Waals surface area contributed by atoms with Crippen LogP contribution >= 0.6 is 0 Å². The summed E-state index contributed by atoms with van der Waals surface area (Å²) in [5, 5.41) is 16.0. The normalized spacial score (nSPS) is 20.5. The number of urea groups is 1. The molecule has 41 heavy (non-hydrogen) atoms. The predicted octanol–water partition coefficient (Wildman–Crippen LogP) is 3.99. The van der Waals surface area contributed by atoms with Crippen molar-refractivity contribution in [1.29, 1.82) is 0 Å². The molecule has 2 aromatic rings. The minimum atomic E-state index is -0.395. The smallest absolute Gasteiger partial charge is 0.317 e. The zero-order chi connectivity index (χ0) is 29.4. The molecule has 9 heteroatoms. The van der Waals surface area contributed by atoms with E-state index in [2.05, 4.69) is 10.6 Å². The van der Waals surface area contributed by atoms with Crippen LogP contribution in [0.5, 0.6) is 5.75 Å². The summed E-state index contributed by atoms with van der Waals surface area (Å²) in [5.74, 6) is 0.157. The number of carbonyl (C=O) groups is 3. The van der Waals surface area contributed by atoms with Crippen molar-refractivity contribution in [3.63, 3.8) is 0 Å². The molecule has 1 aliphatic heterocycles. The minimum absolute atomic E-state index is 0.0690. The molecule has 1 heterocycles. The van der Waals surface area contributed by atoms with Gasteiger partial charge in [-0.05, 0) is 43.5 Å². The van der Waals surface area contributed by atoms with Crippen LogP contribution in [-0.2, 0) is 22.4 Å². The highest BCUT2D eigenvalue weighted by atomic mass is 16.5. The number of likely N-dealkylation sites (N-methyl/N-ethyl adjacent to an activating group) is 1. The van der Waals surface area contributed by atoms with Crippen molar-refractivity contribution in [2.24, 2.45) is 5.92 Å². The molecule has 1 fully saturated rings. The fraction of sp³-hybridized carbons (Fsp3) is 0.531. The maximum atomic E-state index is 13.5. The van der Waals surface area contributed by atoms with Gasteiger partial charge in [0.15, 0.2) is 0 Å². The van der Waals surface area contributed by atoms with Crippen LogP contribution in [0.3, 0.4) is 0 Å². The highest BCUT2D eigenvalue weighted by Gasteiger charge is 2.32. The number of amides is 4. The number of fused-ring (bicyclic) bond motifs is 1. The van der Waals surface area contributed by atoms with E-state index in [4.69, 9.17) is 4.74 Å². The number of hydrogen-bond acceptors (Lipinski definition) is 5. The van der Waals surface area contributed by atoms with E-state index in [0.29, 0.717) is 30.1 Å². The third-order valence-corrected chi connectivity index (χ3v) is 8.14. The summed E-state index contributed by atoms with van der Waals surface area (Å²) in [6.07, 6.45) is 5.41. The fourth-order valence-electron chi connectivity index (χ4n) is 5.60. The molecule has 0 aromatic heterocycles. The van der Waals surface area contributed by atoms with Gasteiger partial charge in [0.25, 0.3) is 0 Å². The second-order valence-corrected chi connectivity index (χ2v) is 11.6. The summed E-state index contributed by atoms with van der Waals surface area (Å²) >= 11 is 0. The zero-order valence-corrected chi connectivity index (χ0v) is 24.5. The van der Waals surface area contributed by atoms with Crippen molar-refractivity contribution in [3.05, 3.63) is 59.7 Å². The molecule has 3 atom stereocenters. The molecule has 0 bridgehead atoms. The first-order valence-corrected chi connectivity index (χ1v) is 14.8. The van der Waals surface area contributed by atoms with Gasteiger partial charge in [-0.1, -0.05) is 56.5 Å². The van der Waals surface area contributed by atoms with E-state index < -0.39 is 6.10 Å². The standard InChI is InChI=1S/C32H44N4O5/c1-22-19-36(23(2)21-37)31(39)18-25-17-27(33-30(38)16-24-10-6-4-7-11-24)14-15-28(25)41-29(22)20-35(3)32(40)34-26-12-8-5-9-13-26/h4,6-7,10-11,14-15,17,22-23,26,29,37H,5,8-9,12-13,16,18-21H2,1-3H3,(H,33,38)(H,34,40)/t22-,23-,29+/m1/s1. The largest absolute Gasteiger partial charge is 0.488 e. The minimum Gasteiger partial charge on any atom is -0.488 e. The van der Waals surface area contributed by atoms with Crippen molar-refractivity contribution in [2.45, 2.75) is 77.0 Å². The maximum Gasteiger partial charge on any atom is 0.317 e. The van der Waals surface area contributed by atoms with E-state index in [9.17, 15) is 19.5 Å². The molecule has 4 amide bonds. The van der Waals surface area contributed by atoms with E-state index in [1.165, 1.54) is 6.42 Å². The molecule has 1 aliphatic carbocycles. The number of nitrogens with zero attached hydrogens (tertiary/aromatic N) is 2. The Kier molecular flexibility index (Phi) is 10.6. The second kappa shape index (κ2) is 14.3. The van der Waals surface area contributed by atoms with Crippen molar-refractivity contribution < 1.29 is 24.2 Å². The Bertz CT molecular complexity index is 1180. The molecule has 2 aliphatic rings. The van der Waals surface area contributed by atoms with Crippen molar-refractivity contribution in [2.75, 3.05) is 32.1 Å². The molecular weight excluding hydrogens is 520 g/mol. The molecule has 2 aromatic carbocycles. The Morgan fingerprint density at radius 2 is 1.85 bits per heavy atom. The average molecular weight is 565 g/mol. The molecule has 4 rings (SSSR count). The molecule has 0 radical (unpaired) electrons. The first-order valence-electron chi connectivity index (χ1n) is 14.8. The number of rotatable bonds is 8. The van der Waals surface area contributed by atoms with Gasteiger partial charge in [0.1, 0.15) is 11.9 Å². The van der Waals surface area contributed by atoms with Gasteiger partial charge in [-0.3, -0.25) is 9.59 Å². The van der Waals surface area contributed by atoms with Gasteiger partial charge in [0.05, 0.1) is 32.0 Å². The maximum absolute atomic E-state index is 13.5. The first-order chi connectivity index (χ1) is 19.7. The number of benzene rings is 2. The summed E-state index contributed by atoms with van der Waals surface area (Å²) in [4.78, 5) is 42.5. The van der Waals surface area contributed by atoms with E-state index in [1.54, 1.807) is 35.0 Å². The third-order valence-electron chi connectivity index (χ3n) is 8.14. The highest BCUT2D eigenvalue weighted by molar-refractivity contribution is 5.92. The van der Waals surface area contributed by atoms with Crippen LogP contribution in [-0.4, -0.2) is 77.7 Å². The second-order valence-electron chi connectivity index (χ2n) is 11.6. The molecule has 3 N–H and O–H groups in total. The van der Waals surface area contributed by atoms with Crippen LogP contribution in [0.1, 0.15) is 57.1 Å². The van der Waals surface area contributed by atoms with Gasteiger partial charge in [-0.2, -0.15) is 0 Å². The first kappa shape index (κ1) is 30.4. The van der Waals surface area contributed by atoms with Gasteiger partial charge in [-0.25, -0.2) is 4.79 Å². The number of aliphatic hydroxyl groups excluding tert-OH is 1. The van der Waals surface area contributed by atoms with Gasteiger partial charge in [0, 0.05) is 36.8 Å². The van der Waals surface area contributed by atoms with E-state index >= 15 is 0 Å². The number of aliphatic hydroxyl groups is 1. The lowest BCUT2D eigenvalue weighted by Gasteiger charge is -2.34. The Labute approximate surface area is 243 Å². The summed E-state index contributed by atoms with van der Waals surface area (Å²) in [6, 6.07) is 14.6. The van der Waals surface area contributed by atoms with Crippen LogP contribution < -0.4 is 15.4 Å². The molecule has 1 saturated carbocycles. The molecule has 9 nitrogen and oxygen atoms in total. The Morgan fingerprint density at radius 1 is 1.12 bits per heavy atom. The van der Waals surface area contributed by atoms with Crippen molar-refractivity contribution >= 4 is 23.5 Å². The predicted molar refractivity (Wildman–Crippen MR) is 159 cm³/mol. The quantitative estimate of drug-likeness (QED) is 0.449. The van der Waals surface area contributed by atoms with Crippen molar-refractivity contribution in [3.8, 4) is 5.75 Å². The molecule has 0 spiro atoms. The molecule has 0 unspecified atom stereocenters. The summed E-state index contributed by atoms with van der Waals surface area (Å²) < 4.78 is 6.53. The van der Waals surface area contributed by atoms with Crippen LogP contribution in [0.25, 0.3) is 0 Å². The van der Waals surface area contributed by atoms with Gasteiger partial charge >= 0.3 is 6.03 Å². The fourth-order valence-corrected chi connectivity index (χ4v) is 5.60. The Balaban J connectivity index is 1.53. The van der Waals surface area contributed by atoms with Crippen LogP contribution in [0.15, 0.2) is 48.5 Å². The number of anilines is 1. The number of ether oxygens (including phenoxy) is 1. The number of nitrogens with one attached hydrogen (secondary N) is 2. The molecule has 0 saturated heterocycles. The van der Waals surface area contributed by atoms with Crippen molar-refractivity contribution in [1.82, 2.24) is 15.1 Å². The van der Waals surface area contributed by atoms with Gasteiger partial charge in [-0.15, -0.1) is 0 Å². The topological polar surface area (TPSA) is 111 Å². The highest BCUT2D eigenvalue weighted by Crippen LogP contribution is 2.29. The van der Waals surface area contributed by atoms with Crippen LogP contribution in [0.4, 0.5) is 10.5 Å². The zero-order valence-electron chi connectivity index (χ0n) is 24.5. The Hall–Kier alpha value is -3.59. The number of carbonyl (C=O) groups excluding carboxylic acids is 3. The van der Waals surface area contributed by atoms with Crippen LogP contribution in [0.2, 0.25) is 0 Å². The van der Waals surface area contributed by atoms with Crippen LogP contribution in [0, 0.1) is 5.92 Å². The summed E-state index contributed by atoms with van der Waals surface area (Å²) in [6.45, 7) is 4.40. The summed E-state index contributed by atoms with van der Waals surface area (Å²) in [5.41, 5.74) is 2.14. The monoisotopic (exact) mass is 564 g/mol. The third kappa shape index (κ3) is 8.45. The molecule has 222 valence electrons. The van der Waals surface area contributed by atoms with Gasteiger partial charge in [0.2, 0.25) is 11.8 Å². The lowest BCUT2D eigenvalue weighted by atomic mass is 9.96. The SMILES string of the molecule is C[C@@H]1CN([C@H](C)CO)C(=O)Cc2cc(NC(=O)Cc3ccccc3)ccc2O[C@H]1CN(C)C(=O)NC1CCCCC1. The van der Waals surface area contributed by atoms with E-state index in [-0.39, 0.29) is 55.3 Å². The Morgan fingerprint density at radius 3 is 2.56 bits per heavy atom. The lowest BCUT2D eigenvalue weighted by Crippen LogP contribution is -2.50. The summed E-state index contributed by atoms with van der Waals surface area (Å²) in [7, 11) is 1.77. The average Bonchev–Trinajstić information content (AvgIpc) is 3.01. The lowest BCUT2D eigenvalue weighted by molar-refractivity contribution is -0.134. The molecular formula is C32H44N4O5. The van der Waals surface area contributed by atoms with Gasteiger partial charge < -0.3 is 30.3 Å². The van der Waals surface area contributed by atoms with E-state index in [0.717, 1.165) is 31.2 Å². The van der Waals surface area contributed by atoms with E-state index in [1.807, 2.05) is 44.2 Å².